The molecule has 3 aromatic rings. The van der Waals surface area contributed by atoms with Crippen LogP contribution in [0.1, 0.15) is 32.3 Å². The monoisotopic (exact) mass is 340 g/mol. The van der Waals surface area contributed by atoms with E-state index in [0.29, 0.717) is 34.9 Å². The molecule has 0 bridgehead atoms. The van der Waals surface area contributed by atoms with Crippen LogP contribution in [0, 0.1) is 0 Å². The number of fused-ring (bicyclic) bond motifs is 1. The molecule has 3 N–H and O–H groups in total. The fourth-order valence-electron chi connectivity index (χ4n) is 3.03. The molecular formula is C19H24N4O2. The Kier molecular flexibility index (Phi) is 4.79. The standard InChI is InChI=1S/C19H24N4O2/c1-4-6-12-11-23(3)17-16(12)21-18(22-19(17)24)14-10-13(20)7-8-15(14)25-9-5-2/h7-8,10-11H,4-6,9,20H2,1-3H3,(H,21,22,24). The number of rotatable bonds is 6. The van der Waals surface area contributed by atoms with E-state index in [1.165, 1.54) is 0 Å². The van der Waals surface area contributed by atoms with E-state index in [4.69, 9.17) is 15.5 Å². The molecule has 25 heavy (non-hydrogen) atoms. The normalized spacial score (nSPS) is 11.2. The van der Waals surface area contributed by atoms with Gasteiger partial charge in [0, 0.05) is 18.9 Å². The van der Waals surface area contributed by atoms with Crippen LogP contribution in [0.4, 0.5) is 5.69 Å². The van der Waals surface area contributed by atoms with E-state index in [1.807, 2.05) is 30.8 Å². The average Bonchev–Trinajstić information content (AvgIpc) is 2.90. The second kappa shape index (κ2) is 7.01. The molecule has 0 unspecified atom stereocenters. The Bertz CT molecular complexity index is 956. The molecule has 6 heteroatoms. The molecule has 0 saturated heterocycles. The van der Waals surface area contributed by atoms with Crippen molar-refractivity contribution in [2.24, 2.45) is 7.05 Å². The number of hydrogen-bond acceptors (Lipinski definition) is 4. The van der Waals surface area contributed by atoms with E-state index in [2.05, 4.69) is 11.9 Å². The third-order valence-electron chi connectivity index (χ3n) is 4.14. The molecule has 0 amide bonds. The first kappa shape index (κ1) is 17.1. The third kappa shape index (κ3) is 3.24. The Morgan fingerprint density at radius 2 is 2.08 bits per heavy atom. The number of H-pyrrole nitrogens is 1. The summed E-state index contributed by atoms with van der Waals surface area (Å²) in [5.41, 5.74) is 9.50. The predicted octanol–water partition coefficient (Wildman–Crippen LogP) is 3.25. The average molecular weight is 340 g/mol. The highest BCUT2D eigenvalue weighted by Gasteiger charge is 2.16. The van der Waals surface area contributed by atoms with Gasteiger partial charge in [-0.05, 0) is 36.6 Å². The van der Waals surface area contributed by atoms with Crippen LogP contribution in [-0.2, 0) is 13.5 Å². The van der Waals surface area contributed by atoms with Crippen LogP contribution >= 0.6 is 0 Å². The number of nitrogens with zero attached hydrogens (tertiary/aromatic N) is 2. The van der Waals surface area contributed by atoms with Gasteiger partial charge in [-0.15, -0.1) is 0 Å². The van der Waals surface area contributed by atoms with E-state index in [0.717, 1.165) is 30.3 Å². The summed E-state index contributed by atoms with van der Waals surface area (Å²) in [4.78, 5) is 20.3. The lowest BCUT2D eigenvalue weighted by atomic mass is 10.1. The molecule has 2 heterocycles. The molecule has 0 spiro atoms. The molecule has 0 saturated carbocycles. The van der Waals surface area contributed by atoms with Gasteiger partial charge in [0.15, 0.2) is 0 Å². The summed E-state index contributed by atoms with van der Waals surface area (Å²) in [6.07, 6.45) is 4.75. The first-order valence-electron chi connectivity index (χ1n) is 8.66. The van der Waals surface area contributed by atoms with Gasteiger partial charge in [0.25, 0.3) is 5.56 Å². The number of ether oxygens (including phenoxy) is 1. The molecule has 3 rings (SSSR count). The molecule has 0 aliphatic carbocycles. The largest absolute Gasteiger partial charge is 0.493 e. The predicted molar refractivity (Wildman–Crippen MR) is 101 cm³/mol. The van der Waals surface area contributed by atoms with Gasteiger partial charge in [-0.1, -0.05) is 20.3 Å². The zero-order valence-corrected chi connectivity index (χ0v) is 14.9. The van der Waals surface area contributed by atoms with Gasteiger partial charge in [-0.3, -0.25) is 4.79 Å². The second-order valence-corrected chi connectivity index (χ2v) is 6.23. The van der Waals surface area contributed by atoms with Crippen molar-refractivity contribution in [2.45, 2.75) is 33.1 Å². The fourth-order valence-corrected chi connectivity index (χ4v) is 3.03. The minimum Gasteiger partial charge on any atom is -0.493 e. The summed E-state index contributed by atoms with van der Waals surface area (Å²) in [5, 5.41) is 0. The smallest absolute Gasteiger partial charge is 0.275 e. The Hall–Kier alpha value is -2.76. The zero-order valence-electron chi connectivity index (χ0n) is 14.9. The maximum Gasteiger partial charge on any atom is 0.275 e. The van der Waals surface area contributed by atoms with E-state index < -0.39 is 0 Å². The van der Waals surface area contributed by atoms with Crippen molar-refractivity contribution in [2.75, 3.05) is 12.3 Å². The summed E-state index contributed by atoms with van der Waals surface area (Å²) in [6, 6.07) is 5.40. The van der Waals surface area contributed by atoms with E-state index >= 15 is 0 Å². The second-order valence-electron chi connectivity index (χ2n) is 6.23. The van der Waals surface area contributed by atoms with Crippen LogP contribution in [0.25, 0.3) is 22.4 Å². The molecule has 1 aromatic carbocycles. The number of nitrogens with two attached hydrogens (primary N) is 1. The van der Waals surface area contributed by atoms with E-state index in [-0.39, 0.29) is 5.56 Å². The van der Waals surface area contributed by atoms with Crippen molar-refractivity contribution in [1.29, 1.82) is 0 Å². The number of aryl methyl sites for hydroxylation is 2. The molecule has 0 aliphatic heterocycles. The molecule has 0 aliphatic rings. The number of nitrogens with one attached hydrogen (secondary N) is 1. The van der Waals surface area contributed by atoms with E-state index in [1.54, 1.807) is 12.1 Å². The molecule has 0 atom stereocenters. The maximum atomic E-state index is 12.6. The highest BCUT2D eigenvalue weighted by molar-refractivity contribution is 5.82. The van der Waals surface area contributed by atoms with Crippen LogP contribution in [0.2, 0.25) is 0 Å². The van der Waals surface area contributed by atoms with Crippen molar-refractivity contribution in [3.63, 3.8) is 0 Å². The van der Waals surface area contributed by atoms with Crippen LogP contribution in [0.15, 0.2) is 29.2 Å². The van der Waals surface area contributed by atoms with Crippen LogP contribution < -0.4 is 16.0 Å². The van der Waals surface area contributed by atoms with Crippen LogP contribution in [0.5, 0.6) is 5.75 Å². The van der Waals surface area contributed by atoms with Crippen LogP contribution in [0.3, 0.4) is 0 Å². The highest BCUT2D eigenvalue weighted by atomic mass is 16.5. The molecule has 2 aromatic heterocycles. The first-order chi connectivity index (χ1) is 12.0. The van der Waals surface area contributed by atoms with Gasteiger partial charge in [0.05, 0.1) is 17.7 Å². The number of aromatic nitrogens is 3. The van der Waals surface area contributed by atoms with Crippen molar-refractivity contribution in [3.05, 3.63) is 40.3 Å². The summed E-state index contributed by atoms with van der Waals surface area (Å²) >= 11 is 0. The van der Waals surface area contributed by atoms with Gasteiger partial charge in [0.2, 0.25) is 0 Å². The number of aromatic amines is 1. The third-order valence-corrected chi connectivity index (χ3v) is 4.14. The van der Waals surface area contributed by atoms with Gasteiger partial charge < -0.3 is 20.0 Å². The Morgan fingerprint density at radius 3 is 2.80 bits per heavy atom. The molecule has 0 fully saturated rings. The summed E-state index contributed by atoms with van der Waals surface area (Å²) in [6.45, 7) is 4.75. The quantitative estimate of drug-likeness (QED) is 0.675. The molecular weight excluding hydrogens is 316 g/mol. The minimum atomic E-state index is -0.159. The van der Waals surface area contributed by atoms with Gasteiger partial charge >= 0.3 is 0 Å². The summed E-state index contributed by atoms with van der Waals surface area (Å²) < 4.78 is 7.64. The molecule has 132 valence electrons. The summed E-state index contributed by atoms with van der Waals surface area (Å²) in [7, 11) is 1.87. The Labute approximate surface area is 146 Å². The topological polar surface area (TPSA) is 85.9 Å². The van der Waals surface area contributed by atoms with Gasteiger partial charge in [0.1, 0.15) is 17.1 Å². The van der Waals surface area contributed by atoms with Crippen molar-refractivity contribution in [3.8, 4) is 17.1 Å². The Balaban J connectivity index is 2.21. The maximum absolute atomic E-state index is 12.6. The fraction of sp³-hybridized carbons (Fsp3) is 0.368. The summed E-state index contributed by atoms with van der Waals surface area (Å²) in [5.74, 6) is 1.16. The lowest BCUT2D eigenvalue weighted by Crippen LogP contribution is -2.12. The lowest BCUT2D eigenvalue weighted by Gasteiger charge is -2.11. The molecule has 0 radical (unpaired) electrons. The van der Waals surface area contributed by atoms with Crippen molar-refractivity contribution < 1.29 is 4.74 Å². The number of nitrogen functional groups attached to an aromatic ring is 1. The lowest BCUT2D eigenvalue weighted by molar-refractivity contribution is 0.318. The van der Waals surface area contributed by atoms with Crippen molar-refractivity contribution in [1.82, 2.24) is 14.5 Å². The van der Waals surface area contributed by atoms with E-state index in [9.17, 15) is 4.79 Å². The van der Waals surface area contributed by atoms with Gasteiger partial charge in [-0.25, -0.2) is 4.98 Å². The number of benzene rings is 1. The number of anilines is 1. The van der Waals surface area contributed by atoms with Crippen LogP contribution in [-0.4, -0.2) is 21.1 Å². The SMILES string of the molecule is CCCOc1ccc(N)cc1-c1nc2c(CCC)cn(C)c2c(=O)[nH]1. The van der Waals surface area contributed by atoms with Crippen molar-refractivity contribution >= 4 is 16.7 Å². The minimum absolute atomic E-state index is 0.159. The highest BCUT2D eigenvalue weighted by Crippen LogP contribution is 2.30. The molecule has 6 nitrogen and oxygen atoms in total. The Morgan fingerprint density at radius 1 is 1.28 bits per heavy atom. The zero-order chi connectivity index (χ0) is 18.0. The van der Waals surface area contributed by atoms with Gasteiger partial charge in [-0.2, -0.15) is 0 Å². The number of hydrogen-bond donors (Lipinski definition) is 2. The first-order valence-corrected chi connectivity index (χ1v) is 8.66.